The van der Waals surface area contributed by atoms with E-state index in [0.29, 0.717) is 31.1 Å². The fraction of sp³-hybridized carbons (Fsp3) is 0.161. The van der Waals surface area contributed by atoms with E-state index in [1.807, 2.05) is 72.8 Å². The van der Waals surface area contributed by atoms with Crippen molar-refractivity contribution in [2.45, 2.75) is 12.8 Å². The molecule has 0 aliphatic carbocycles. The van der Waals surface area contributed by atoms with Gasteiger partial charge in [-0.1, -0.05) is 54.6 Å². The third-order valence-corrected chi connectivity index (χ3v) is 5.72. The van der Waals surface area contributed by atoms with Crippen molar-refractivity contribution in [1.29, 1.82) is 0 Å². The van der Waals surface area contributed by atoms with Crippen LogP contribution in [0.1, 0.15) is 22.3 Å². The second-order valence-corrected chi connectivity index (χ2v) is 8.82. The summed E-state index contributed by atoms with van der Waals surface area (Å²) in [6, 6.07) is 34.3. The highest BCUT2D eigenvalue weighted by Crippen LogP contribution is 2.17. The van der Waals surface area contributed by atoms with Crippen LogP contribution >= 0.6 is 12.2 Å². The van der Waals surface area contributed by atoms with Crippen LogP contribution in [0.3, 0.4) is 0 Å². The van der Waals surface area contributed by atoms with Gasteiger partial charge in [0.1, 0.15) is 30.5 Å². The van der Waals surface area contributed by atoms with E-state index in [-0.39, 0.29) is 11.0 Å². The number of benzene rings is 4. The van der Waals surface area contributed by atoms with E-state index in [2.05, 4.69) is 22.8 Å². The normalized spacial score (nSPS) is 10.3. The van der Waals surface area contributed by atoms with Crippen LogP contribution in [0.2, 0.25) is 0 Å². The van der Waals surface area contributed by atoms with Gasteiger partial charge in [0.2, 0.25) is 0 Å². The molecule has 0 saturated carbocycles. The molecule has 0 heterocycles. The minimum absolute atomic E-state index is 0.203. The van der Waals surface area contributed by atoms with Crippen molar-refractivity contribution in [2.75, 3.05) is 25.1 Å². The minimum atomic E-state index is -0.327. The second-order valence-electron chi connectivity index (χ2n) is 8.41. The summed E-state index contributed by atoms with van der Waals surface area (Å²) >= 11 is 5.32. The van der Waals surface area contributed by atoms with Crippen LogP contribution in [0.15, 0.2) is 109 Å². The molecular weight excluding hydrogens is 496 g/mol. The number of hydrogen-bond acceptors (Lipinski definition) is 5. The molecule has 4 rings (SSSR count). The van der Waals surface area contributed by atoms with Gasteiger partial charge in [0.25, 0.3) is 5.91 Å². The third-order valence-electron chi connectivity index (χ3n) is 5.52. The maximum atomic E-state index is 12.7. The summed E-state index contributed by atoms with van der Waals surface area (Å²) in [6.07, 6.45) is 1.92. The Bertz CT molecular complexity index is 1300. The smallest absolute Gasteiger partial charge is 0.257 e. The molecule has 0 atom stereocenters. The highest BCUT2D eigenvalue weighted by Gasteiger charge is 2.09. The topological polar surface area (TPSA) is 68.8 Å². The third kappa shape index (κ3) is 8.94. The molecule has 0 bridgehead atoms. The van der Waals surface area contributed by atoms with Gasteiger partial charge in [0.15, 0.2) is 5.11 Å². The first-order valence-electron chi connectivity index (χ1n) is 12.5. The molecule has 0 aliphatic rings. The average molecular weight is 527 g/mol. The Hall–Kier alpha value is -4.36. The van der Waals surface area contributed by atoms with Crippen molar-refractivity contribution in [3.05, 3.63) is 120 Å². The SMILES string of the molecule is O=C(NC(=S)Nc1ccc(OCCCc2ccccc2)cc1)c1cccc(OCCOc2ccccc2)c1. The fourth-order valence-corrected chi connectivity index (χ4v) is 3.86. The Morgan fingerprint density at radius 3 is 2.00 bits per heavy atom. The lowest BCUT2D eigenvalue weighted by atomic mass is 10.1. The predicted octanol–water partition coefficient (Wildman–Crippen LogP) is 6.28. The second kappa shape index (κ2) is 14.4. The van der Waals surface area contributed by atoms with E-state index in [0.717, 1.165) is 30.0 Å². The van der Waals surface area contributed by atoms with Crippen molar-refractivity contribution in [3.8, 4) is 17.2 Å². The van der Waals surface area contributed by atoms with Gasteiger partial charge in [-0.05, 0) is 85.2 Å². The van der Waals surface area contributed by atoms with E-state index in [4.69, 9.17) is 26.4 Å². The van der Waals surface area contributed by atoms with Crippen molar-refractivity contribution in [1.82, 2.24) is 5.32 Å². The van der Waals surface area contributed by atoms with Crippen LogP contribution in [0, 0.1) is 0 Å². The number of amides is 1. The van der Waals surface area contributed by atoms with E-state index < -0.39 is 0 Å². The van der Waals surface area contributed by atoms with Crippen LogP contribution in [0.4, 0.5) is 5.69 Å². The molecular formula is C31H30N2O4S. The number of carbonyl (C=O) groups excluding carboxylic acids is 1. The Balaban J connectivity index is 1.17. The summed E-state index contributed by atoms with van der Waals surface area (Å²) in [5.41, 5.74) is 2.50. The van der Waals surface area contributed by atoms with E-state index in [1.165, 1.54) is 5.56 Å². The standard InChI is InChI=1S/C31H30N2O4S/c34-30(25-12-7-15-29(23-25)37-22-21-36-27-13-5-2-6-14-27)33-31(38)32-26-16-18-28(19-17-26)35-20-8-11-24-9-3-1-4-10-24/h1-7,9-10,12-19,23H,8,11,20-22H2,(H2,32,33,34,38). The molecule has 0 spiro atoms. The molecule has 1 amide bonds. The molecule has 0 aromatic heterocycles. The van der Waals surface area contributed by atoms with Gasteiger partial charge in [0, 0.05) is 11.3 Å². The zero-order valence-electron chi connectivity index (χ0n) is 21.0. The van der Waals surface area contributed by atoms with Crippen LogP contribution in [0.5, 0.6) is 17.2 Å². The number of aryl methyl sites for hydroxylation is 1. The lowest BCUT2D eigenvalue weighted by molar-refractivity contribution is 0.0977. The van der Waals surface area contributed by atoms with Crippen LogP contribution in [0.25, 0.3) is 0 Å². The summed E-state index contributed by atoms with van der Waals surface area (Å²) < 4.78 is 17.2. The number of rotatable bonds is 12. The quantitative estimate of drug-likeness (QED) is 0.167. The molecule has 0 radical (unpaired) electrons. The van der Waals surface area contributed by atoms with Gasteiger partial charge in [0.05, 0.1) is 6.61 Å². The molecule has 0 fully saturated rings. The Kier molecular flexibility index (Phi) is 10.1. The van der Waals surface area contributed by atoms with Gasteiger partial charge in [-0.3, -0.25) is 10.1 Å². The van der Waals surface area contributed by atoms with Gasteiger partial charge in [-0.2, -0.15) is 0 Å². The number of nitrogens with one attached hydrogen (secondary N) is 2. The molecule has 0 aliphatic heterocycles. The Morgan fingerprint density at radius 1 is 0.658 bits per heavy atom. The van der Waals surface area contributed by atoms with Gasteiger partial charge in [-0.25, -0.2) is 0 Å². The molecule has 7 heteroatoms. The zero-order chi connectivity index (χ0) is 26.4. The molecule has 38 heavy (non-hydrogen) atoms. The molecule has 6 nitrogen and oxygen atoms in total. The predicted molar refractivity (Wildman–Crippen MR) is 154 cm³/mol. The van der Waals surface area contributed by atoms with Gasteiger partial charge < -0.3 is 19.5 Å². The molecule has 0 unspecified atom stereocenters. The highest BCUT2D eigenvalue weighted by atomic mass is 32.1. The number of anilines is 1. The van der Waals surface area contributed by atoms with E-state index in [9.17, 15) is 4.79 Å². The van der Waals surface area contributed by atoms with Crippen LogP contribution in [-0.2, 0) is 6.42 Å². The number of thiocarbonyl (C=S) groups is 1. The van der Waals surface area contributed by atoms with E-state index >= 15 is 0 Å². The maximum absolute atomic E-state index is 12.7. The number of para-hydroxylation sites is 1. The molecule has 0 saturated heterocycles. The first-order chi connectivity index (χ1) is 18.7. The zero-order valence-corrected chi connectivity index (χ0v) is 21.8. The molecule has 194 valence electrons. The lowest BCUT2D eigenvalue weighted by Gasteiger charge is -2.12. The van der Waals surface area contributed by atoms with Crippen LogP contribution < -0.4 is 24.8 Å². The largest absolute Gasteiger partial charge is 0.494 e. The summed E-state index contributed by atoms with van der Waals surface area (Å²) in [4.78, 5) is 12.7. The molecule has 2 N–H and O–H groups in total. The Labute approximate surface area is 228 Å². The average Bonchev–Trinajstić information content (AvgIpc) is 2.95. The number of ether oxygens (including phenoxy) is 3. The first-order valence-corrected chi connectivity index (χ1v) is 12.9. The van der Waals surface area contributed by atoms with Crippen LogP contribution in [-0.4, -0.2) is 30.8 Å². The molecule has 4 aromatic carbocycles. The number of hydrogen-bond donors (Lipinski definition) is 2. The Morgan fingerprint density at radius 2 is 1.26 bits per heavy atom. The van der Waals surface area contributed by atoms with E-state index in [1.54, 1.807) is 24.3 Å². The minimum Gasteiger partial charge on any atom is -0.494 e. The van der Waals surface area contributed by atoms with Gasteiger partial charge >= 0.3 is 0 Å². The van der Waals surface area contributed by atoms with Crippen molar-refractivity contribution in [2.24, 2.45) is 0 Å². The summed E-state index contributed by atoms with van der Waals surface area (Å²) in [6.45, 7) is 1.39. The summed E-state index contributed by atoms with van der Waals surface area (Å²) in [5, 5.41) is 5.93. The van der Waals surface area contributed by atoms with Crippen molar-refractivity contribution >= 4 is 28.9 Å². The highest BCUT2D eigenvalue weighted by molar-refractivity contribution is 7.80. The number of carbonyl (C=O) groups is 1. The van der Waals surface area contributed by atoms with Crippen molar-refractivity contribution < 1.29 is 19.0 Å². The fourth-order valence-electron chi connectivity index (χ4n) is 3.65. The summed E-state index contributed by atoms with van der Waals surface area (Å²) in [7, 11) is 0. The first kappa shape index (κ1) is 26.7. The van der Waals surface area contributed by atoms with Gasteiger partial charge in [-0.15, -0.1) is 0 Å². The lowest BCUT2D eigenvalue weighted by Crippen LogP contribution is -2.34. The van der Waals surface area contributed by atoms with Crippen molar-refractivity contribution in [3.63, 3.8) is 0 Å². The maximum Gasteiger partial charge on any atom is 0.257 e. The monoisotopic (exact) mass is 526 g/mol. The summed E-state index contributed by atoms with van der Waals surface area (Å²) in [5.74, 6) is 1.81. The molecule has 4 aromatic rings.